The van der Waals surface area contributed by atoms with Crippen molar-refractivity contribution in [1.29, 1.82) is 0 Å². The van der Waals surface area contributed by atoms with E-state index in [9.17, 15) is 4.79 Å². The molecule has 0 fully saturated rings. The van der Waals surface area contributed by atoms with Gasteiger partial charge in [-0.05, 0) is 35.6 Å². The molecular weight excluding hydrogens is 321 g/mol. The second kappa shape index (κ2) is 3.93. The Morgan fingerprint density at radius 2 is 2.31 bits per heavy atom. The first-order valence-corrected chi connectivity index (χ1v) is 5.67. The number of carbonyl (C=O) groups excluding carboxylic acids is 1. The van der Waals surface area contributed by atoms with Gasteiger partial charge < -0.3 is 10.2 Å². The Hall–Kier alpha value is -1.31. The van der Waals surface area contributed by atoms with Gasteiger partial charge in [0.15, 0.2) is 0 Å². The van der Waals surface area contributed by atoms with Crippen LogP contribution in [0.15, 0.2) is 21.2 Å². The minimum absolute atomic E-state index is 0.203. The quantitative estimate of drug-likeness (QED) is 0.623. The van der Waals surface area contributed by atoms with Crippen LogP contribution >= 0.6 is 22.6 Å². The lowest BCUT2D eigenvalue weighted by Crippen LogP contribution is -2.33. The van der Waals surface area contributed by atoms with Crippen molar-refractivity contribution in [3.63, 3.8) is 0 Å². The number of hydrogen-bond acceptors (Lipinski definition) is 4. The maximum absolute atomic E-state index is 11.7. The number of nitrogens with two attached hydrogens (primary N) is 1. The highest BCUT2D eigenvalue weighted by Crippen LogP contribution is 2.22. The molecule has 2 N–H and O–H groups in total. The van der Waals surface area contributed by atoms with Crippen molar-refractivity contribution in [2.24, 2.45) is 10.7 Å². The fourth-order valence-electron chi connectivity index (χ4n) is 1.34. The molecule has 0 aliphatic carbocycles. The molecule has 2 rings (SSSR count). The first kappa shape index (κ1) is 11.2. The number of aliphatic imine (C=N–C) groups is 1. The van der Waals surface area contributed by atoms with Crippen molar-refractivity contribution >= 4 is 40.5 Å². The maximum Gasteiger partial charge on any atom is 0.279 e. The monoisotopic (exact) mass is 331 g/mol. The Morgan fingerprint density at radius 3 is 2.75 bits per heavy atom. The van der Waals surface area contributed by atoms with Crippen molar-refractivity contribution in [2.45, 2.75) is 6.92 Å². The van der Waals surface area contributed by atoms with Crippen molar-refractivity contribution in [2.75, 3.05) is 7.05 Å². The van der Waals surface area contributed by atoms with Crippen LogP contribution in [0.2, 0.25) is 0 Å². The molecular formula is C10H10IN3O2. The Balaban J connectivity index is 2.40. The second-order valence-corrected chi connectivity index (χ2v) is 4.60. The molecule has 0 saturated heterocycles. The summed E-state index contributed by atoms with van der Waals surface area (Å²) in [5, 5.41) is 0. The topological polar surface area (TPSA) is 71.8 Å². The summed E-state index contributed by atoms with van der Waals surface area (Å²) in [6.07, 6.45) is 1.60. The first-order chi connectivity index (χ1) is 7.49. The second-order valence-electron chi connectivity index (χ2n) is 3.43. The van der Waals surface area contributed by atoms with Crippen LogP contribution in [-0.4, -0.2) is 23.8 Å². The molecule has 6 heteroatoms. The van der Waals surface area contributed by atoms with Crippen LogP contribution in [0.1, 0.15) is 11.5 Å². The molecule has 0 unspecified atom stereocenters. The molecule has 0 spiro atoms. The van der Waals surface area contributed by atoms with Crippen LogP contribution in [0.3, 0.4) is 0 Å². The average Bonchev–Trinajstić information content (AvgIpc) is 2.64. The number of rotatable bonds is 1. The predicted molar refractivity (Wildman–Crippen MR) is 68.5 cm³/mol. The lowest BCUT2D eigenvalue weighted by molar-refractivity contribution is -0.121. The summed E-state index contributed by atoms with van der Waals surface area (Å²) >= 11 is 2.14. The number of furan rings is 1. The van der Waals surface area contributed by atoms with E-state index in [0.717, 1.165) is 9.33 Å². The third kappa shape index (κ3) is 1.84. The fourth-order valence-corrected chi connectivity index (χ4v) is 2.04. The van der Waals surface area contributed by atoms with Gasteiger partial charge in [0.2, 0.25) is 5.96 Å². The zero-order valence-corrected chi connectivity index (χ0v) is 11.0. The molecule has 5 nitrogen and oxygen atoms in total. The van der Waals surface area contributed by atoms with Gasteiger partial charge in [-0.2, -0.15) is 0 Å². The number of hydrogen-bond donors (Lipinski definition) is 1. The van der Waals surface area contributed by atoms with E-state index in [1.165, 1.54) is 4.90 Å². The molecule has 1 aromatic rings. The van der Waals surface area contributed by atoms with E-state index in [1.54, 1.807) is 13.1 Å². The van der Waals surface area contributed by atoms with E-state index in [2.05, 4.69) is 27.6 Å². The molecule has 0 radical (unpaired) electrons. The van der Waals surface area contributed by atoms with Gasteiger partial charge in [-0.1, -0.05) is 0 Å². The van der Waals surface area contributed by atoms with Gasteiger partial charge in [0.05, 0.1) is 3.57 Å². The van der Waals surface area contributed by atoms with Crippen LogP contribution in [0.4, 0.5) is 0 Å². The van der Waals surface area contributed by atoms with Gasteiger partial charge >= 0.3 is 0 Å². The average molecular weight is 331 g/mol. The summed E-state index contributed by atoms with van der Waals surface area (Å²) < 4.78 is 6.37. The molecule has 1 aliphatic heterocycles. The third-order valence-corrected chi connectivity index (χ3v) is 3.05. The standard InChI is InChI=1S/C10H10IN3O2/c1-5-3-6(11)8(16-5)4-7-9(15)14(2)10(12)13-7/h3-4H,1-2H3,(H2,12,13)/b7-4+. The number of halogens is 1. The summed E-state index contributed by atoms with van der Waals surface area (Å²) in [4.78, 5) is 16.9. The van der Waals surface area contributed by atoms with E-state index < -0.39 is 0 Å². The van der Waals surface area contributed by atoms with E-state index >= 15 is 0 Å². The minimum Gasteiger partial charge on any atom is -0.461 e. The van der Waals surface area contributed by atoms with Gasteiger partial charge in [0, 0.05) is 13.1 Å². The smallest absolute Gasteiger partial charge is 0.279 e. The van der Waals surface area contributed by atoms with Crippen LogP contribution in [0.5, 0.6) is 0 Å². The Morgan fingerprint density at radius 1 is 1.62 bits per heavy atom. The Bertz CT molecular complexity index is 516. The lowest BCUT2D eigenvalue weighted by atomic mass is 10.3. The van der Waals surface area contributed by atoms with E-state index in [-0.39, 0.29) is 11.9 Å². The summed E-state index contributed by atoms with van der Waals surface area (Å²) in [6, 6.07) is 1.89. The molecule has 0 saturated carbocycles. The maximum atomic E-state index is 11.7. The summed E-state index contributed by atoms with van der Waals surface area (Å²) in [6.45, 7) is 1.85. The summed E-state index contributed by atoms with van der Waals surface area (Å²) in [5.41, 5.74) is 5.84. The lowest BCUT2D eigenvalue weighted by Gasteiger charge is -2.05. The van der Waals surface area contributed by atoms with Crippen LogP contribution in [0.25, 0.3) is 6.08 Å². The minimum atomic E-state index is -0.220. The molecule has 1 aromatic heterocycles. The van der Waals surface area contributed by atoms with Crippen LogP contribution in [0, 0.1) is 10.5 Å². The third-order valence-electron chi connectivity index (χ3n) is 2.21. The molecule has 0 aromatic carbocycles. The SMILES string of the molecule is Cc1cc(I)c(/C=C2/N=C(N)N(C)C2=O)o1. The zero-order chi connectivity index (χ0) is 11.9. The number of nitrogens with zero attached hydrogens (tertiary/aromatic N) is 2. The fraction of sp³-hybridized carbons (Fsp3) is 0.200. The van der Waals surface area contributed by atoms with Crippen molar-refractivity contribution in [3.8, 4) is 0 Å². The summed E-state index contributed by atoms with van der Waals surface area (Å²) in [5.74, 6) is 1.41. The first-order valence-electron chi connectivity index (χ1n) is 4.59. The van der Waals surface area contributed by atoms with Crippen molar-refractivity contribution in [1.82, 2.24) is 4.90 Å². The van der Waals surface area contributed by atoms with Crippen LogP contribution < -0.4 is 5.73 Å². The van der Waals surface area contributed by atoms with Crippen molar-refractivity contribution < 1.29 is 9.21 Å². The highest BCUT2D eigenvalue weighted by Gasteiger charge is 2.25. The van der Waals surface area contributed by atoms with E-state index in [4.69, 9.17) is 10.2 Å². The normalized spacial score (nSPS) is 18.4. The van der Waals surface area contributed by atoms with E-state index in [0.29, 0.717) is 11.5 Å². The Kier molecular flexibility index (Phi) is 2.75. The van der Waals surface area contributed by atoms with Crippen molar-refractivity contribution in [3.05, 3.63) is 26.9 Å². The molecule has 0 bridgehead atoms. The largest absolute Gasteiger partial charge is 0.461 e. The Labute approximate surface area is 106 Å². The molecule has 0 atom stereocenters. The number of likely N-dealkylation sites (N-methyl/N-ethyl adjacent to an activating group) is 1. The molecule has 16 heavy (non-hydrogen) atoms. The molecule has 2 heterocycles. The van der Waals surface area contributed by atoms with Gasteiger partial charge in [-0.15, -0.1) is 0 Å². The van der Waals surface area contributed by atoms with Gasteiger partial charge in [0.1, 0.15) is 17.2 Å². The zero-order valence-electron chi connectivity index (χ0n) is 8.82. The molecule has 84 valence electrons. The highest BCUT2D eigenvalue weighted by molar-refractivity contribution is 14.1. The number of guanidine groups is 1. The number of carbonyl (C=O) groups is 1. The number of aryl methyl sites for hydroxylation is 1. The number of amides is 1. The molecule has 1 aliphatic rings. The highest BCUT2D eigenvalue weighted by atomic mass is 127. The molecule has 1 amide bonds. The van der Waals surface area contributed by atoms with Gasteiger partial charge in [0.25, 0.3) is 5.91 Å². The van der Waals surface area contributed by atoms with E-state index in [1.807, 2.05) is 13.0 Å². The summed E-state index contributed by atoms with van der Waals surface area (Å²) in [7, 11) is 1.58. The van der Waals surface area contributed by atoms with Crippen LogP contribution in [-0.2, 0) is 4.79 Å². The van der Waals surface area contributed by atoms with Gasteiger partial charge in [-0.3, -0.25) is 9.69 Å². The van der Waals surface area contributed by atoms with Gasteiger partial charge in [-0.25, -0.2) is 4.99 Å². The predicted octanol–water partition coefficient (Wildman–Crippen LogP) is 1.32.